The van der Waals surface area contributed by atoms with Gasteiger partial charge < -0.3 is 4.90 Å². The molecular formula is C13H11NS. The summed E-state index contributed by atoms with van der Waals surface area (Å²) in [4.78, 5) is 2.06. The van der Waals surface area contributed by atoms with Gasteiger partial charge in [-0.05, 0) is 5.56 Å². The molecule has 0 bridgehead atoms. The quantitative estimate of drug-likeness (QED) is 0.694. The largest absolute Gasteiger partial charge is 0.324 e. The molecule has 0 aliphatic carbocycles. The van der Waals surface area contributed by atoms with Crippen molar-refractivity contribution in [2.75, 3.05) is 6.54 Å². The van der Waals surface area contributed by atoms with Gasteiger partial charge in [0.05, 0.1) is 17.3 Å². The van der Waals surface area contributed by atoms with E-state index in [1.807, 2.05) is 18.2 Å². The molecule has 2 heteroatoms. The first-order valence-corrected chi connectivity index (χ1v) is 5.53. The number of terminal acetylenes is 1. The molecule has 0 saturated carbocycles. The van der Waals surface area contributed by atoms with Crippen LogP contribution >= 0.6 is 11.8 Å². The van der Waals surface area contributed by atoms with Gasteiger partial charge in [0.1, 0.15) is 0 Å². The molecule has 1 aliphatic heterocycles. The predicted molar refractivity (Wildman–Crippen MR) is 66.7 cm³/mol. The van der Waals surface area contributed by atoms with E-state index in [2.05, 4.69) is 34.9 Å². The Labute approximate surface area is 94.5 Å². The Morgan fingerprint density at radius 3 is 2.73 bits per heavy atom. The van der Waals surface area contributed by atoms with E-state index in [1.165, 1.54) is 5.56 Å². The number of benzene rings is 1. The van der Waals surface area contributed by atoms with Crippen molar-refractivity contribution in [2.45, 2.75) is 0 Å². The van der Waals surface area contributed by atoms with Gasteiger partial charge in [-0.2, -0.15) is 0 Å². The molecule has 0 unspecified atom stereocenters. The molecule has 15 heavy (non-hydrogen) atoms. The first-order valence-electron chi connectivity index (χ1n) is 4.65. The van der Waals surface area contributed by atoms with Crippen molar-refractivity contribution in [1.29, 1.82) is 0 Å². The Kier molecular flexibility index (Phi) is 2.84. The normalized spacial score (nSPS) is 15.0. The zero-order valence-corrected chi connectivity index (χ0v) is 9.13. The first-order chi connectivity index (χ1) is 7.33. The third-order valence-electron chi connectivity index (χ3n) is 2.22. The van der Waals surface area contributed by atoms with Crippen LogP contribution in [0.3, 0.4) is 0 Å². The van der Waals surface area contributed by atoms with Crippen molar-refractivity contribution in [2.24, 2.45) is 0 Å². The van der Waals surface area contributed by atoms with Crippen LogP contribution in [0.15, 0.2) is 47.3 Å². The van der Waals surface area contributed by atoms with E-state index in [9.17, 15) is 0 Å². The third-order valence-corrected chi connectivity index (χ3v) is 3.05. The van der Waals surface area contributed by atoms with E-state index in [1.54, 1.807) is 11.8 Å². The lowest BCUT2D eigenvalue weighted by Gasteiger charge is -2.20. The van der Waals surface area contributed by atoms with Gasteiger partial charge in [0.15, 0.2) is 0 Å². The SMILES string of the molecule is C#CCN1C(=C)SC=C1c1ccccc1. The van der Waals surface area contributed by atoms with Crippen LogP contribution in [0.1, 0.15) is 5.56 Å². The second-order valence-corrected chi connectivity index (χ2v) is 4.11. The molecule has 0 saturated heterocycles. The maximum Gasteiger partial charge on any atom is 0.0845 e. The van der Waals surface area contributed by atoms with Gasteiger partial charge in [-0.3, -0.25) is 0 Å². The summed E-state index contributed by atoms with van der Waals surface area (Å²) in [5.74, 6) is 2.65. The van der Waals surface area contributed by atoms with Gasteiger partial charge in [-0.1, -0.05) is 54.6 Å². The zero-order valence-electron chi connectivity index (χ0n) is 8.31. The van der Waals surface area contributed by atoms with Crippen LogP contribution in [0.2, 0.25) is 0 Å². The maximum atomic E-state index is 5.34. The van der Waals surface area contributed by atoms with Gasteiger partial charge in [0.2, 0.25) is 0 Å². The summed E-state index contributed by atoms with van der Waals surface area (Å²) in [5.41, 5.74) is 2.32. The third kappa shape index (κ3) is 1.93. The van der Waals surface area contributed by atoms with Crippen LogP contribution in [0.25, 0.3) is 5.70 Å². The molecule has 1 aromatic carbocycles. The summed E-state index contributed by atoms with van der Waals surface area (Å²) in [6.45, 7) is 4.55. The monoisotopic (exact) mass is 213 g/mol. The lowest BCUT2D eigenvalue weighted by atomic mass is 10.1. The van der Waals surface area contributed by atoms with Gasteiger partial charge in [0.25, 0.3) is 0 Å². The van der Waals surface area contributed by atoms with E-state index < -0.39 is 0 Å². The Morgan fingerprint density at radius 1 is 1.33 bits per heavy atom. The molecule has 74 valence electrons. The van der Waals surface area contributed by atoms with Crippen LogP contribution in [0.5, 0.6) is 0 Å². The Balaban J connectivity index is 2.31. The Bertz CT molecular complexity index is 439. The van der Waals surface area contributed by atoms with Crippen molar-refractivity contribution in [1.82, 2.24) is 4.90 Å². The highest BCUT2D eigenvalue weighted by Gasteiger charge is 2.19. The molecule has 1 aliphatic rings. The molecule has 1 aromatic rings. The van der Waals surface area contributed by atoms with Crippen molar-refractivity contribution in [3.63, 3.8) is 0 Å². The average Bonchev–Trinajstić information content (AvgIpc) is 2.63. The zero-order chi connectivity index (χ0) is 10.7. The summed E-state index contributed by atoms with van der Waals surface area (Å²) in [7, 11) is 0. The number of hydrogen-bond donors (Lipinski definition) is 0. The van der Waals surface area contributed by atoms with E-state index in [4.69, 9.17) is 6.42 Å². The lowest BCUT2D eigenvalue weighted by Crippen LogP contribution is -2.16. The first kappa shape index (κ1) is 9.95. The minimum atomic E-state index is 0.576. The highest BCUT2D eigenvalue weighted by molar-refractivity contribution is 8.06. The second kappa shape index (κ2) is 4.29. The molecule has 1 nitrogen and oxygen atoms in total. The van der Waals surface area contributed by atoms with Crippen LogP contribution < -0.4 is 0 Å². The van der Waals surface area contributed by atoms with Crippen LogP contribution in [0, 0.1) is 12.3 Å². The fraction of sp³-hybridized carbons (Fsp3) is 0.0769. The smallest absolute Gasteiger partial charge is 0.0845 e. The molecule has 2 rings (SSSR count). The lowest BCUT2D eigenvalue weighted by molar-refractivity contribution is 0.598. The van der Waals surface area contributed by atoms with Gasteiger partial charge >= 0.3 is 0 Å². The molecule has 0 radical (unpaired) electrons. The van der Waals surface area contributed by atoms with Crippen molar-refractivity contribution in [3.05, 3.63) is 52.9 Å². The molecule has 0 amide bonds. The number of hydrogen-bond acceptors (Lipinski definition) is 2. The van der Waals surface area contributed by atoms with E-state index in [-0.39, 0.29) is 0 Å². The van der Waals surface area contributed by atoms with Gasteiger partial charge in [0, 0.05) is 5.41 Å². The minimum Gasteiger partial charge on any atom is -0.324 e. The molecule has 0 N–H and O–H groups in total. The van der Waals surface area contributed by atoms with Crippen LogP contribution in [-0.2, 0) is 0 Å². The topological polar surface area (TPSA) is 3.24 Å². The number of rotatable bonds is 2. The molecule has 0 aromatic heterocycles. The Morgan fingerprint density at radius 2 is 2.07 bits per heavy atom. The van der Waals surface area contributed by atoms with E-state index in [0.717, 1.165) is 10.7 Å². The molecule has 1 heterocycles. The standard InChI is InChI=1S/C13H11NS/c1-3-9-14-11(2)15-10-13(14)12-7-5-4-6-8-12/h1,4-8,10H,2,9H2. The fourth-order valence-corrected chi connectivity index (χ4v) is 2.28. The Hall–Kier alpha value is -1.59. The average molecular weight is 213 g/mol. The summed E-state index contributed by atoms with van der Waals surface area (Å²) in [5, 5.41) is 3.08. The van der Waals surface area contributed by atoms with Crippen LogP contribution in [0.4, 0.5) is 0 Å². The number of nitrogens with zero attached hydrogens (tertiary/aromatic N) is 1. The second-order valence-electron chi connectivity index (χ2n) is 3.17. The number of thioether (sulfide) groups is 1. The highest BCUT2D eigenvalue weighted by atomic mass is 32.2. The summed E-state index contributed by atoms with van der Waals surface area (Å²) in [6, 6.07) is 10.2. The highest BCUT2D eigenvalue weighted by Crippen LogP contribution is 2.37. The molecule has 0 spiro atoms. The molecule has 0 atom stereocenters. The molecule has 0 fully saturated rings. The van der Waals surface area contributed by atoms with E-state index >= 15 is 0 Å². The van der Waals surface area contributed by atoms with E-state index in [0.29, 0.717) is 6.54 Å². The van der Waals surface area contributed by atoms with Crippen LogP contribution in [-0.4, -0.2) is 11.4 Å². The van der Waals surface area contributed by atoms with Crippen molar-refractivity contribution in [3.8, 4) is 12.3 Å². The fourth-order valence-electron chi connectivity index (χ4n) is 1.48. The van der Waals surface area contributed by atoms with Crippen molar-refractivity contribution < 1.29 is 0 Å². The molecular weight excluding hydrogens is 202 g/mol. The predicted octanol–water partition coefficient (Wildman–Crippen LogP) is 3.14. The summed E-state index contributed by atoms with van der Waals surface area (Å²) < 4.78 is 0. The van der Waals surface area contributed by atoms with Gasteiger partial charge in [-0.25, -0.2) is 0 Å². The maximum absolute atomic E-state index is 5.34. The summed E-state index contributed by atoms with van der Waals surface area (Å²) in [6.07, 6.45) is 5.34. The van der Waals surface area contributed by atoms with Gasteiger partial charge in [-0.15, -0.1) is 6.42 Å². The van der Waals surface area contributed by atoms with Crippen molar-refractivity contribution >= 4 is 17.5 Å². The summed E-state index contributed by atoms with van der Waals surface area (Å²) >= 11 is 1.62. The minimum absolute atomic E-state index is 0.576.